The van der Waals surface area contributed by atoms with Gasteiger partial charge >= 0.3 is 7.60 Å². The average molecular weight is 317 g/mol. The molecule has 0 aromatic carbocycles. The van der Waals surface area contributed by atoms with Crippen LogP contribution in [0.5, 0.6) is 0 Å². The Morgan fingerprint density at radius 3 is 2.67 bits per heavy atom. The van der Waals surface area contributed by atoms with Gasteiger partial charge in [0.1, 0.15) is 18.2 Å². The predicted octanol–water partition coefficient (Wildman–Crippen LogP) is 0.975. The number of nitrogen functional groups attached to an aromatic ring is 1. The Hall–Kier alpha value is -1.54. The number of ether oxygens (including phenoxy) is 1. The topological polar surface area (TPSA) is 136 Å². The molecule has 0 spiro atoms. The normalized spacial score (nSPS) is 12.8. The molecule has 4 N–H and O–H groups in total. The van der Waals surface area contributed by atoms with E-state index in [9.17, 15) is 4.57 Å². The second-order valence-electron chi connectivity index (χ2n) is 4.10. The molecule has 0 bridgehead atoms. The first-order valence-electron chi connectivity index (χ1n) is 6.44. The van der Waals surface area contributed by atoms with Crippen LogP contribution in [0.15, 0.2) is 12.7 Å². The molecule has 0 aliphatic rings. The van der Waals surface area contributed by atoms with E-state index in [4.69, 9.17) is 20.3 Å². The van der Waals surface area contributed by atoms with Crippen molar-refractivity contribution in [3.63, 3.8) is 0 Å². The van der Waals surface area contributed by atoms with E-state index >= 15 is 0 Å². The monoisotopic (exact) mass is 317 g/mol. The number of hydrogen-bond donors (Lipinski definition) is 3. The Bertz CT molecular complexity index is 626. The molecule has 0 saturated heterocycles. The van der Waals surface area contributed by atoms with E-state index in [1.807, 2.05) is 13.8 Å². The van der Waals surface area contributed by atoms with Crippen molar-refractivity contribution in [2.24, 2.45) is 0 Å². The van der Waals surface area contributed by atoms with Crippen LogP contribution in [-0.2, 0) is 15.8 Å². The van der Waals surface area contributed by atoms with E-state index in [2.05, 4.69) is 15.0 Å². The number of nitrogens with zero attached hydrogens (tertiary/aromatic N) is 4. The number of hydrogen-bond acceptors (Lipinski definition) is 6. The first-order valence-corrected chi connectivity index (χ1v) is 8.24. The number of fused-ring (bicyclic) bond motifs is 1. The molecule has 0 saturated carbocycles. The number of aromatic nitrogens is 4. The van der Waals surface area contributed by atoms with Crippen LogP contribution in [0.3, 0.4) is 0 Å². The molecule has 2 rings (SSSR count). The maximum absolute atomic E-state index is 10.7. The standard InChI is InChI=1S/C9H14N5O4P.C2H6/c1-6(18-5-19(15,16)17)2-14-4-13-7-8(10)11-3-12-9(7)14;1-2/h3-4,6H,2,5H2,1H3,(H2,10,11,12)(H2,15,16,17);1-2H3/t6-;/m1./s1. The third-order valence-electron chi connectivity index (χ3n) is 2.41. The lowest BCUT2D eigenvalue weighted by molar-refractivity contribution is 0.0764. The lowest BCUT2D eigenvalue weighted by Crippen LogP contribution is -2.17. The van der Waals surface area contributed by atoms with Crippen molar-refractivity contribution in [1.29, 1.82) is 0 Å². The van der Waals surface area contributed by atoms with Gasteiger partial charge in [0.05, 0.1) is 19.0 Å². The fourth-order valence-electron chi connectivity index (χ4n) is 1.59. The van der Waals surface area contributed by atoms with Crippen LogP contribution in [0.4, 0.5) is 5.82 Å². The Morgan fingerprint density at radius 1 is 1.38 bits per heavy atom. The Morgan fingerprint density at radius 2 is 2.05 bits per heavy atom. The Balaban J connectivity index is 0.00000106. The lowest BCUT2D eigenvalue weighted by Gasteiger charge is -2.14. The minimum Gasteiger partial charge on any atom is -0.382 e. The molecule has 0 fully saturated rings. The molecule has 9 nitrogen and oxygen atoms in total. The maximum Gasteiger partial charge on any atom is 0.350 e. The summed E-state index contributed by atoms with van der Waals surface area (Å²) in [5.41, 5.74) is 6.70. The summed E-state index contributed by atoms with van der Waals surface area (Å²) < 4.78 is 17.5. The summed E-state index contributed by atoms with van der Waals surface area (Å²) in [6, 6.07) is 0. The van der Waals surface area contributed by atoms with Gasteiger partial charge in [-0.2, -0.15) is 0 Å². The summed E-state index contributed by atoms with van der Waals surface area (Å²) in [7, 11) is -4.16. The molecule has 1 atom stereocenters. The Kier molecular flexibility index (Phi) is 6.22. The molecule has 0 aliphatic carbocycles. The fraction of sp³-hybridized carbons (Fsp3) is 0.545. The van der Waals surface area contributed by atoms with Gasteiger partial charge in [0.15, 0.2) is 11.5 Å². The largest absolute Gasteiger partial charge is 0.382 e. The zero-order valence-electron chi connectivity index (χ0n) is 12.2. The molecule has 0 amide bonds. The molecule has 118 valence electrons. The van der Waals surface area contributed by atoms with Crippen LogP contribution >= 0.6 is 7.60 Å². The summed E-state index contributed by atoms with van der Waals surface area (Å²) in [5.74, 6) is 0.285. The third-order valence-corrected chi connectivity index (χ3v) is 2.90. The van der Waals surface area contributed by atoms with Gasteiger partial charge in [-0.25, -0.2) is 15.0 Å². The van der Waals surface area contributed by atoms with Crippen molar-refractivity contribution >= 4 is 24.6 Å². The molecule has 21 heavy (non-hydrogen) atoms. The second kappa shape index (κ2) is 7.46. The molecule has 0 radical (unpaired) electrons. The van der Waals surface area contributed by atoms with E-state index in [-0.39, 0.29) is 5.82 Å². The van der Waals surface area contributed by atoms with Crippen LogP contribution in [0, 0.1) is 0 Å². The van der Waals surface area contributed by atoms with E-state index in [1.54, 1.807) is 11.5 Å². The van der Waals surface area contributed by atoms with Crippen LogP contribution in [0.25, 0.3) is 11.2 Å². The first kappa shape index (κ1) is 17.5. The van der Waals surface area contributed by atoms with Crippen molar-refractivity contribution in [2.75, 3.05) is 12.1 Å². The highest BCUT2D eigenvalue weighted by Crippen LogP contribution is 2.34. The van der Waals surface area contributed by atoms with Gasteiger partial charge in [0.2, 0.25) is 0 Å². The quantitative estimate of drug-likeness (QED) is 0.694. The summed E-state index contributed by atoms with van der Waals surface area (Å²) in [4.78, 5) is 29.4. The average Bonchev–Trinajstić information content (AvgIpc) is 2.83. The number of rotatable bonds is 5. The number of imidazole rings is 1. The van der Waals surface area contributed by atoms with Crippen molar-refractivity contribution in [3.05, 3.63) is 12.7 Å². The maximum atomic E-state index is 10.7. The van der Waals surface area contributed by atoms with Gasteiger partial charge in [-0.1, -0.05) is 13.8 Å². The fourth-order valence-corrected chi connectivity index (χ4v) is 2.04. The molecule has 2 heterocycles. The van der Waals surface area contributed by atoms with Crippen LogP contribution in [0.2, 0.25) is 0 Å². The zero-order valence-corrected chi connectivity index (χ0v) is 13.1. The molecular weight excluding hydrogens is 297 g/mol. The molecular formula is C11H20N5O4P. The summed E-state index contributed by atoms with van der Waals surface area (Å²) in [5, 5.41) is 0. The second-order valence-corrected chi connectivity index (χ2v) is 5.69. The van der Waals surface area contributed by atoms with Gasteiger partial charge in [-0.3, -0.25) is 4.57 Å². The molecule has 2 aromatic rings. The minimum absolute atomic E-state index is 0.285. The summed E-state index contributed by atoms with van der Waals surface area (Å²) in [6.07, 6.45) is 1.85. The SMILES string of the molecule is CC.C[C@H](Cn1cnc2c(N)ncnc21)OCP(=O)(O)O. The molecule has 0 aliphatic heterocycles. The highest BCUT2D eigenvalue weighted by atomic mass is 31.2. The van der Waals surface area contributed by atoms with E-state index in [0.29, 0.717) is 17.7 Å². The van der Waals surface area contributed by atoms with Crippen LogP contribution in [0.1, 0.15) is 20.8 Å². The smallest absolute Gasteiger partial charge is 0.350 e. The van der Waals surface area contributed by atoms with Crippen molar-refractivity contribution in [2.45, 2.75) is 33.4 Å². The van der Waals surface area contributed by atoms with Crippen molar-refractivity contribution in [1.82, 2.24) is 19.5 Å². The summed E-state index contributed by atoms with van der Waals surface area (Å²) >= 11 is 0. The minimum atomic E-state index is -4.16. The predicted molar refractivity (Wildman–Crippen MR) is 78.5 cm³/mol. The zero-order chi connectivity index (χ0) is 16.0. The van der Waals surface area contributed by atoms with Crippen molar-refractivity contribution < 1.29 is 19.1 Å². The van der Waals surface area contributed by atoms with Gasteiger partial charge in [-0.15, -0.1) is 0 Å². The lowest BCUT2D eigenvalue weighted by atomic mass is 10.4. The first-order chi connectivity index (χ1) is 9.87. The molecule has 0 unspecified atom stereocenters. The molecule has 10 heteroatoms. The van der Waals surface area contributed by atoms with E-state index < -0.39 is 20.0 Å². The highest BCUT2D eigenvalue weighted by Gasteiger charge is 2.16. The third kappa shape index (κ3) is 5.05. The molecule has 2 aromatic heterocycles. The van der Waals surface area contributed by atoms with Crippen molar-refractivity contribution in [3.8, 4) is 0 Å². The van der Waals surface area contributed by atoms with E-state index in [0.717, 1.165) is 0 Å². The van der Waals surface area contributed by atoms with Crippen LogP contribution < -0.4 is 5.73 Å². The highest BCUT2D eigenvalue weighted by molar-refractivity contribution is 7.51. The van der Waals surface area contributed by atoms with Gasteiger partial charge in [0, 0.05) is 0 Å². The number of anilines is 1. The van der Waals surface area contributed by atoms with E-state index in [1.165, 1.54) is 12.7 Å². The summed E-state index contributed by atoms with van der Waals surface area (Å²) in [6.45, 7) is 6.05. The Labute approximate surface area is 122 Å². The van der Waals surface area contributed by atoms with Gasteiger partial charge < -0.3 is 24.8 Å². The van der Waals surface area contributed by atoms with Gasteiger partial charge in [0.25, 0.3) is 0 Å². The van der Waals surface area contributed by atoms with Gasteiger partial charge in [-0.05, 0) is 6.92 Å². The number of nitrogens with two attached hydrogens (primary N) is 1. The van der Waals surface area contributed by atoms with Crippen LogP contribution in [-0.4, -0.2) is 41.8 Å².